The number of furan rings is 1. The van der Waals surface area contributed by atoms with E-state index in [9.17, 15) is 0 Å². The molecule has 7 aromatic carbocycles. The molecular formula is C54H33N3O. The van der Waals surface area contributed by atoms with Crippen LogP contribution in [0, 0.1) is 0 Å². The maximum atomic E-state index is 7.07. The average molecular weight is 740 g/mol. The Balaban J connectivity index is 0.985. The molecule has 2 aliphatic heterocycles. The van der Waals surface area contributed by atoms with Crippen LogP contribution in [0.15, 0.2) is 196 Å². The lowest BCUT2D eigenvalue weighted by Gasteiger charge is -2.22. The number of benzene rings is 7. The molecule has 2 aromatic heterocycles. The van der Waals surface area contributed by atoms with Crippen LogP contribution in [0.5, 0.6) is 0 Å². The standard InChI is InChI=1S/C54H33N3O/c1-3-13-33(14-4-1)41-30-43-37-17-7-10-20-45(37)55-51(43)54-50(41)44-31-40(49-39-19-8-11-21-46(39)56-52(49)53(44)58-54)34-25-23-32(24-26-34)35-27-28-48-42(29-35)38-18-9-12-22-47(38)57(48)36-15-5-2-6-16-36/h1-31,40-41H. The molecule has 0 bridgehead atoms. The van der Waals surface area contributed by atoms with Crippen molar-refractivity contribution in [3.63, 3.8) is 0 Å². The summed E-state index contributed by atoms with van der Waals surface area (Å²) in [5, 5.41) is 5.76. The fourth-order valence-corrected chi connectivity index (χ4v) is 9.90. The van der Waals surface area contributed by atoms with E-state index < -0.39 is 0 Å². The summed E-state index contributed by atoms with van der Waals surface area (Å²) in [4.78, 5) is 10.5. The minimum Gasteiger partial charge on any atom is -0.452 e. The molecular weight excluding hydrogens is 707 g/mol. The van der Waals surface area contributed by atoms with Gasteiger partial charge in [-0.15, -0.1) is 0 Å². The van der Waals surface area contributed by atoms with Gasteiger partial charge in [0.15, 0.2) is 11.2 Å². The quantitative estimate of drug-likeness (QED) is 0.177. The number of fused-ring (bicyclic) bond motifs is 12. The van der Waals surface area contributed by atoms with Crippen LogP contribution in [0.1, 0.15) is 39.8 Å². The zero-order valence-electron chi connectivity index (χ0n) is 31.3. The van der Waals surface area contributed by atoms with E-state index >= 15 is 0 Å². The summed E-state index contributed by atoms with van der Waals surface area (Å²) in [5.41, 5.74) is 16.7. The Morgan fingerprint density at radius 3 is 2.12 bits per heavy atom. The Bertz CT molecular complexity index is 3550. The van der Waals surface area contributed by atoms with E-state index in [4.69, 9.17) is 14.4 Å². The number of hydrogen-bond donors (Lipinski definition) is 0. The van der Waals surface area contributed by atoms with Crippen molar-refractivity contribution < 1.29 is 4.42 Å². The second-order valence-corrected chi connectivity index (χ2v) is 15.6. The fraction of sp³-hybridized carbons (Fsp3) is 0.0370. The molecule has 0 saturated carbocycles. The molecule has 13 rings (SSSR count). The highest BCUT2D eigenvalue weighted by Crippen LogP contribution is 2.46. The third-order valence-corrected chi connectivity index (χ3v) is 12.5. The number of aromatic nitrogens is 1. The largest absolute Gasteiger partial charge is 0.452 e. The van der Waals surface area contributed by atoms with Gasteiger partial charge in [-0.2, -0.15) is 0 Å². The van der Waals surface area contributed by atoms with Crippen molar-refractivity contribution in [2.75, 3.05) is 0 Å². The smallest absolute Gasteiger partial charge is 0.160 e. The van der Waals surface area contributed by atoms with E-state index in [1.54, 1.807) is 0 Å². The van der Waals surface area contributed by atoms with E-state index in [-0.39, 0.29) is 11.8 Å². The Kier molecular flexibility index (Phi) is 6.53. The molecule has 0 fully saturated rings. The number of allylic oxidation sites excluding steroid dienone is 2. The van der Waals surface area contributed by atoms with Gasteiger partial charge in [0.25, 0.3) is 0 Å². The second-order valence-electron chi connectivity index (χ2n) is 15.6. The summed E-state index contributed by atoms with van der Waals surface area (Å²) >= 11 is 0. The van der Waals surface area contributed by atoms with Gasteiger partial charge in [0.1, 0.15) is 11.4 Å². The first kappa shape index (κ1) is 31.6. The third kappa shape index (κ3) is 4.45. The summed E-state index contributed by atoms with van der Waals surface area (Å²) in [6, 6.07) is 63.1. The summed E-state index contributed by atoms with van der Waals surface area (Å²) in [7, 11) is 0. The molecule has 0 N–H and O–H groups in total. The lowest BCUT2D eigenvalue weighted by Crippen LogP contribution is -2.33. The highest BCUT2D eigenvalue weighted by atomic mass is 16.3. The van der Waals surface area contributed by atoms with Crippen LogP contribution in [-0.2, 0) is 0 Å². The summed E-state index contributed by atoms with van der Waals surface area (Å²) in [5.74, 6) is 0.820. The number of hydrogen-bond acceptors (Lipinski definition) is 3. The van der Waals surface area contributed by atoms with Crippen molar-refractivity contribution in [1.82, 2.24) is 4.57 Å². The van der Waals surface area contributed by atoms with Gasteiger partial charge in [0.05, 0.1) is 22.1 Å². The van der Waals surface area contributed by atoms with Gasteiger partial charge in [0, 0.05) is 61.0 Å². The molecule has 9 aromatic rings. The average Bonchev–Trinajstić information content (AvgIpc) is 4.06. The molecule has 4 nitrogen and oxygen atoms in total. The van der Waals surface area contributed by atoms with Crippen LogP contribution in [0.3, 0.4) is 0 Å². The normalized spacial score (nSPS) is 17.0. The maximum Gasteiger partial charge on any atom is 0.160 e. The molecule has 0 amide bonds. The number of para-hydroxylation sites is 4. The second kappa shape index (κ2) is 12.0. The van der Waals surface area contributed by atoms with Gasteiger partial charge in [-0.3, -0.25) is 0 Å². The van der Waals surface area contributed by atoms with Crippen molar-refractivity contribution >= 4 is 56.1 Å². The van der Waals surface area contributed by atoms with E-state index in [0.29, 0.717) is 0 Å². The van der Waals surface area contributed by atoms with E-state index in [0.717, 1.165) is 55.2 Å². The van der Waals surface area contributed by atoms with Crippen LogP contribution in [0.2, 0.25) is 0 Å². The molecule has 0 saturated heterocycles. The number of nitrogens with zero attached hydrogens (tertiary/aromatic N) is 3. The molecule has 0 spiro atoms. The monoisotopic (exact) mass is 739 g/mol. The van der Waals surface area contributed by atoms with Crippen molar-refractivity contribution in [3.05, 3.63) is 231 Å². The highest BCUT2D eigenvalue weighted by molar-refractivity contribution is 6.36. The van der Waals surface area contributed by atoms with E-state index in [1.165, 1.54) is 60.9 Å². The van der Waals surface area contributed by atoms with E-state index in [2.05, 4.69) is 193 Å². The summed E-state index contributed by atoms with van der Waals surface area (Å²) in [6.07, 6.45) is 4.83. The zero-order valence-corrected chi connectivity index (χ0v) is 31.3. The van der Waals surface area contributed by atoms with Gasteiger partial charge in [-0.05, 0) is 64.7 Å². The number of aliphatic imine (C=N–C) groups is 1. The van der Waals surface area contributed by atoms with Crippen molar-refractivity contribution in [1.29, 1.82) is 0 Å². The third-order valence-electron chi connectivity index (χ3n) is 12.5. The predicted octanol–water partition coefficient (Wildman–Crippen LogP) is 9.88. The summed E-state index contributed by atoms with van der Waals surface area (Å²) in [6.45, 7) is 0. The Morgan fingerprint density at radius 2 is 1.24 bits per heavy atom. The van der Waals surface area contributed by atoms with Crippen molar-refractivity contribution in [2.45, 2.75) is 11.8 Å². The Labute approximate surface area is 333 Å². The Hall–Kier alpha value is -7.56. The van der Waals surface area contributed by atoms with Crippen molar-refractivity contribution in [2.24, 2.45) is 9.98 Å². The van der Waals surface area contributed by atoms with Gasteiger partial charge in [0.2, 0.25) is 0 Å². The number of rotatable bonds is 4. The SMILES string of the molecule is C1=C2C(=Nc3ccccc32)c2oc3c(c2C1c1ccccc1)=CC(c1ccc(-c2ccc4c(c2)c2ccccc2n4-c2ccccc2)cc1)C1=c2ccccc2=NC=31. The van der Waals surface area contributed by atoms with Crippen LogP contribution in [0.4, 0.5) is 5.69 Å². The lowest BCUT2D eigenvalue weighted by atomic mass is 9.78. The highest BCUT2D eigenvalue weighted by Gasteiger charge is 2.38. The van der Waals surface area contributed by atoms with Crippen LogP contribution in [0.25, 0.3) is 61.5 Å². The molecule has 270 valence electrons. The molecule has 4 heteroatoms. The molecule has 2 atom stereocenters. The first-order valence-corrected chi connectivity index (χ1v) is 20.0. The van der Waals surface area contributed by atoms with E-state index in [1.807, 2.05) is 0 Å². The topological polar surface area (TPSA) is 42.8 Å². The minimum absolute atomic E-state index is 0.00300. The van der Waals surface area contributed by atoms with Gasteiger partial charge in [-0.1, -0.05) is 146 Å². The maximum absolute atomic E-state index is 7.07. The molecule has 2 unspecified atom stereocenters. The zero-order chi connectivity index (χ0) is 37.9. The van der Waals surface area contributed by atoms with Crippen LogP contribution >= 0.6 is 0 Å². The molecule has 4 aliphatic rings. The first-order chi connectivity index (χ1) is 28.8. The Morgan fingerprint density at radius 1 is 0.534 bits per heavy atom. The molecule has 4 heterocycles. The van der Waals surface area contributed by atoms with Crippen molar-refractivity contribution in [3.8, 4) is 16.8 Å². The predicted molar refractivity (Wildman–Crippen MR) is 234 cm³/mol. The first-order valence-electron chi connectivity index (χ1n) is 20.0. The molecule has 2 aliphatic carbocycles. The van der Waals surface area contributed by atoms with Crippen LogP contribution in [-0.4, -0.2) is 10.3 Å². The van der Waals surface area contributed by atoms with Gasteiger partial charge in [-0.25, -0.2) is 9.98 Å². The van der Waals surface area contributed by atoms with Gasteiger partial charge < -0.3 is 8.98 Å². The lowest BCUT2D eigenvalue weighted by molar-refractivity contribution is 0.517. The van der Waals surface area contributed by atoms with Gasteiger partial charge >= 0.3 is 0 Å². The van der Waals surface area contributed by atoms with Crippen LogP contribution < -0.4 is 21.2 Å². The fourth-order valence-electron chi connectivity index (χ4n) is 9.90. The molecule has 0 radical (unpaired) electrons. The summed E-state index contributed by atoms with van der Waals surface area (Å²) < 4.78 is 9.44. The minimum atomic E-state index is -0.0264. The molecule has 58 heavy (non-hydrogen) atoms.